The molecule has 0 unspecified atom stereocenters. The molecule has 0 fully saturated rings. The second-order valence-corrected chi connectivity index (χ2v) is 5.13. The van der Waals surface area contributed by atoms with E-state index in [1.807, 2.05) is 19.9 Å². The number of azo groups is 1. The molecule has 0 aliphatic carbocycles. The van der Waals surface area contributed by atoms with E-state index in [1.165, 1.54) is 23.3 Å². The van der Waals surface area contributed by atoms with Crippen LogP contribution in [0.1, 0.15) is 17.1 Å². The lowest BCUT2D eigenvalue weighted by atomic mass is 10.4. The molecule has 0 aliphatic heterocycles. The highest BCUT2D eigenvalue weighted by atomic mass is 15.4. The fourth-order valence-electron chi connectivity index (χ4n) is 2.34. The van der Waals surface area contributed by atoms with E-state index in [2.05, 4.69) is 40.6 Å². The predicted molar refractivity (Wildman–Crippen MR) is 84.9 cm³/mol. The minimum Gasteiger partial charge on any atom is -0.259 e. The van der Waals surface area contributed by atoms with Gasteiger partial charge in [0.25, 0.3) is 0 Å². The van der Waals surface area contributed by atoms with E-state index < -0.39 is 0 Å². The van der Waals surface area contributed by atoms with Crippen LogP contribution in [0.3, 0.4) is 0 Å². The molecule has 0 saturated carbocycles. The van der Waals surface area contributed by atoms with Gasteiger partial charge in [-0.05, 0) is 13.8 Å². The van der Waals surface area contributed by atoms with Gasteiger partial charge in [0.15, 0.2) is 23.0 Å². The summed E-state index contributed by atoms with van der Waals surface area (Å²) in [5.74, 6) is 1.41. The van der Waals surface area contributed by atoms with Crippen molar-refractivity contribution in [1.82, 2.24) is 39.6 Å². The van der Waals surface area contributed by atoms with Gasteiger partial charge in [0, 0.05) is 12.4 Å². The van der Waals surface area contributed by atoms with Gasteiger partial charge >= 0.3 is 0 Å². The fourth-order valence-corrected chi connectivity index (χ4v) is 2.34. The van der Waals surface area contributed by atoms with Crippen LogP contribution in [0.5, 0.6) is 0 Å². The highest BCUT2D eigenvalue weighted by molar-refractivity contribution is 5.66. The molecule has 122 valence electrons. The van der Waals surface area contributed by atoms with E-state index in [4.69, 9.17) is 0 Å². The summed E-state index contributed by atoms with van der Waals surface area (Å²) in [5, 5.41) is 33.2. The number of H-pyrrole nitrogens is 1. The Morgan fingerprint density at radius 1 is 1.20 bits per heavy atom. The Bertz CT molecular complexity index is 1120. The van der Waals surface area contributed by atoms with Crippen molar-refractivity contribution in [1.29, 1.82) is 5.26 Å². The van der Waals surface area contributed by atoms with Crippen molar-refractivity contribution in [2.24, 2.45) is 10.2 Å². The third kappa shape index (κ3) is 2.32. The van der Waals surface area contributed by atoms with E-state index in [0.717, 1.165) is 0 Å². The Hall–Kier alpha value is -3.94. The van der Waals surface area contributed by atoms with E-state index >= 15 is 0 Å². The summed E-state index contributed by atoms with van der Waals surface area (Å²) in [6.45, 7) is 3.65. The second-order valence-electron chi connectivity index (χ2n) is 5.13. The normalized spacial score (nSPS) is 11.4. The van der Waals surface area contributed by atoms with Gasteiger partial charge in [-0.1, -0.05) is 0 Å². The lowest BCUT2D eigenvalue weighted by Gasteiger charge is -2.00. The molecular weight excluding hydrogens is 322 g/mol. The number of nitrogens with zero attached hydrogens (tertiary/aromatic N) is 10. The van der Waals surface area contributed by atoms with Gasteiger partial charge in [0.1, 0.15) is 17.5 Å². The third-order valence-corrected chi connectivity index (χ3v) is 3.53. The maximum absolute atomic E-state index is 9.29. The molecule has 0 spiro atoms. The summed E-state index contributed by atoms with van der Waals surface area (Å²) < 4.78 is 3.05. The Morgan fingerprint density at radius 3 is 2.84 bits per heavy atom. The van der Waals surface area contributed by atoms with Crippen LogP contribution in [0, 0.1) is 25.2 Å². The number of hydrogen-bond acceptors (Lipinski definition) is 8. The largest absolute Gasteiger partial charge is 0.259 e. The van der Waals surface area contributed by atoms with Crippen LogP contribution < -0.4 is 0 Å². The number of aromatic amines is 1. The summed E-state index contributed by atoms with van der Waals surface area (Å²) in [6.07, 6.45) is 6.01. The van der Waals surface area contributed by atoms with Crippen molar-refractivity contribution in [3.05, 3.63) is 41.9 Å². The molecule has 0 atom stereocenters. The number of hydrogen-bond donors (Lipinski definition) is 1. The van der Waals surface area contributed by atoms with E-state index in [0.29, 0.717) is 28.7 Å². The SMILES string of the molecule is Cc1nn2c(C)n[nH]c2c1/N=N/c1c(C#N)cnn1-c1cnccn1. The molecule has 4 rings (SSSR count). The maximum Gasteiger partial charge on any atom is 0.197 e. The average molecular weight is 333 g/mol. The van der Waals surface area contributed by atoms with Crippen LogP contribution in [-0.4, -0.2) is 39.6 Å². The monoisotopic (exact) mass is 333 g/mol. The molecule has 0 saturated heterocycles. The van der Waals surface area contributed by atoms with Crippen LogP contribution in [0.15, 0.2) is 35.0 Å². The topological polar surface area (TPSA) is 138 Å². The van der Waals surface area contributed by atoms with Crippen LogP contribution in [0.4, 0.5) is 11.5 Å². The van der Waals surface area contributed by atoms with Crippen LogP contribution >= 0.6 is 0 Å². The zero-order valence-corrected chi connectivity index (χ0v) is 13.3. The molecular formula is C14H11N11. The Morgan fingerprint density at radius 2 is 2.08 bits per heavy atom. The van der Waals surface area contributed by atoms with Gasteiger partial charge < -0.3 is 0 Å². The summed E-state index contributed by atoms with van der Waals surface area (Å²) in [6, 6.07) is 2.05. The summed E-state index contributed by atoms with van der Waals surface area (Å²) >= 11 is 0. The zero-order chi connectivity index (χ0) is 17.4. The second kappa shape index (κ2) is 5.60. The number of fused-ring (bicyclic) bond motifs is 1. The van der Waals surface area contributed by atoms with E-state index in [9.17, 15) is 5.26 Å². The highest BCUT2D eigenvalue weighted by Crippen LogP contribution is 2.28. The molecule has 4 heterocycles. The first-order valence-corrected chi connectivity index (χ1v) is 7.25. The molecule has 0 aromatic carbocycles. The smallest absolute Gasteiger partial charge is 0.197 e. The molecule has 0 radical (unpaired) electrons. The van der Waals surface area contributed by atoms with Gasteiger partial charge in [-0.25, -0.2) is 4.98 Å². The van der Waals surface area contributed by atoms with Gasteiger partial charge in [-0.3, -0.25) is 10.1 Å². The maximum atomic E-state index is 9.29. The van der Waals surface area contributed by atoms with E-state index in [1.54, 1.807) is 10.7 Å². The Kier molecular flexibility index (Phi) is 3.28. The molecule has 4 aromatic rings. The van der Waals surface area contributed by atoms with Crippen LogP contribution in [-0.2, 0) is 0 Å². The van der Waals surface area contributed by atoms with Crippen molar-refractivity contribution < 1.29 is 0 Å². The lowest BCUT2D eigenvalue weighted by molar-refractivity contribution is 0.831. The zero-order valence-electron chi connectivity index (χ0n) is 13.3. The Balaban J connectivity index is 1.83. The number of nitriles is 1. The molecule has 11 nitrogen and oxygen atoms in total. The minimum absolute atomic E-state index is 0.262. The molecule has 25 heavy (non-hydrogen) atoms. The fraction of sp³-hybridized carbons (Fsp3) is 0.143. The van der Waals surface area contributed by atoms with Crippen molar-refractivity contribution >= 4 is 17.2 Å². The molecule has 0 aliphatic rings. The van der Waals surface area contributed by atoms with Crippen molar-refractivity contribution in [3.8, 4) is 11.9 Å². The standard InChI is InChI=1S/C14H11N11/c1-8-12(14-22-19-9(2)24(14)23-8)20-21-13-10(5-15)6-18-25(13)11-7-16-3-4-17-11/h3-4,6-7,22H,1-2H3/b21-20+. The summed E-state index contributed by atoms with van der Waals surface area (Å²) in [7, 11) is 0. The average Bonchev–Trinajstić information content (AvgIpc) is 3.29. The highest BCUT2D eigenvalue weighted by Gasteiger charge is 2.16. The number of nitrogens with one attached hydrogen (secondary N) is 1. The van der Waals surface area contributed by atoms with Crippen LogP contribution in [0.25, 0.3) is 11.5 Å². The Labute approximate surface area is 140 Å². The van der Waals surface area contributed by atoms with Gasteiger partial charge in [0.05, 0.1) is 18.1 Å². The first kappa shape index (κ1) is 14.6. The number of aryl methyl sites for hydroxylation is 2. The lowest BCUT2D eigenvalue weighted by Crippen LogP contribution is -1.98. The van der Waals surface area contributed by atoms with Gasteiger partial charge in [-0.15, -0.1) is 10.2 Å². The minimum atomic E-state index is 0.262. The first-order chi connectivity index (χ1) is 12.2. The van der Waals surface area contributed by atoms with E-state index in [-0.39, 0.29) is 11.4 Å². The molecule has 0 amide bonds. The molecule has 4 aromatic heterocycles. The molecule has 11 heteroatoms. The predicted octanol–water partition coefficient (Wildman–Crippen LogP) is 1.94. The van der Waals surface area contributed by atoms with Crippen LogP contribution in [0.2, 0.25) is 0 Å². The van der Waals surface area contributed by atoms with Crippen molar-refractivity contribution in [2.75, 3.05) is 0 Å². The molecule has 1 N–H and O–H groups in total. The number of aromatic nitrogens is 8. The quantitative estimate of drug-likeness (QED) is 0.568. The number of rotatable bonds is 3. The summed E-state index contributed by atoms with van der Waals surface area (Å²) in [5.41, 5.74) is 2.13. The van der Waals surface area contributed by atoms with Gasteiger partial charge in [0.2, 0.25) is 0 Å². The van der Waals surface area contributed by atoms with Crippen molar-refractivity contribution in [3.63, 3.8) is 0 Å². The summed E-state index contributed by atoms with van der Waals surface area (Å²) in [4.78, 5) is 8.17. The van der Waals surface area contributed by atoms with Crippen molar-refractivity contribution in [2.45, 2.75) is 13.8 Å². The first-order valence-electron chi connectivity index (χ1n) is 7.25. The third-order valence-electron chi connectivity index (χ3n) is 3.53. The van der Waals surface area contributed by atoms with Gasteiger partial charge in [-0.2, -0.15) is 29.8 Å². The molecule has 0 bridgehead atoms.